The fourth-order valence-electron chi connectivity index (χ4n) is 2.82. The Labute approximate surface area is 116 Å². The Bertz CT molecular complexity index is 327. The minimum Gasteiger partial charge on any atom is -0.444 e. The summed E-state index contributed by atoms with van der Waals surface area (Å²) in [7, 11) is 1.68. The summed E-state index contributed by atoms with van der Waals surface area (Å²) < 4.78 is 5.36. The van der Waals surface area contributed by atoms with Crippen LogP contribution in [0.3, 0.4) is 0 Å². The zero-order chi connectivity index (χ0) is 14.6. The van der Waals surface area contributed by atoms with Gasteiger partial charge in [0.1, 0.15) is 5.60 Å². The number of ketones is 1. The average molecular weight is 269 g/mol. The third-order valence-corrected chi connectivity index (χ3v) is 3.61. The van der Waals surface area contributed by atoms with Crippen LogP contribution in [0.15, 0.2) is 0 Å². The van der Waals surface area contributed by atoms with Crippen LogP contribution in [0.1, 0.15) is 59.8 Å². The molecule has 0 aromatic carbocycles. The van der Waals surface area contributed by atoms with E-state index >= 15 is 0 Å². The summed E-state index contributed by atoms with van der Waals surface area (Å²) in [6, 6.07) is -0.338. The van der Waals surface area contributed by atoms with Crippen molar-refractivity contribution in [1.29, 1.82) is 0 Å². The van der Waals surface area contributed by atoms with Crippen molar-refractivity contribution in [3.63, 3.8) is 0 Å². The van der Waals surface area contributed by atoms with Gasteiger partial charge in [-0.1, -0.05) is 19.3 Å². The van der Waals surface area contributed by atoms with Gasteiger partial charge in [0, 0.05) is 7.05 Å². The van der Waals surface area contributed by atoms with E-state index in [0.717, 1.165) is 25.7 Å². The van der Waals surface area contributed by atoms with Crippen molar-refractivity contribution in [3.8, 4) is 0 Å². The number of carbonyl (C=O) groups excluding carboxylic acids is 2. The van der Waals surface area contributed by atoms with E-state index in [2.05, 4.69) is 0 Å². The van der Waals surface area contributed by atoms with E-state index in [4.69, 9.17) is 4.74 Å². The number of nitrogens with zero attached hydrogens (tertiary/aromatic N) is 1. The number of hydrogen-bond donors (Lipinski definition) is 0. The molecule has 1 aliphatic rings. The van der Waals surface area contributed by atoms with E-state index in [9.17, 15) is 9.59 Å². The van der Waals surface area contributed by atoms with Crippen LogP contribution in [-0.2, 0) is 9.53 Å². The molecule has 0 unspecified atom stereocenters. The molecule has 0 bridgehead atoms. The maximum Gasteiger partial charge on any atom is 0.410 e. The van der Waals surface area contributed by atoms with Gasteiger partial charge in [0.25, 0.3) is 0 Å². The van der Waals surface area contributed by atoms with Crippen LogP contribution in [0.25, 0.3) is 0 Å². The molecule has 0 spiro atoms. The molecule has 0 aliphatic heterocycles. The molecule has 1 fully saturated rings. The molecule has 0 saturated heterocycles. The number of carbonyl (C=O) groups is 2. The molecule has 1 rings (SSSR count). The number of ether oxygens (including phenoxy) is 1. The molecule has 1 atom stereocenters. The molecule has 1 amide bonds. The van der Waals surface area contributed by atoms with Gasteiger partial charge < -0.3 is 9.64 Å². The number of hydrogen-bond acceptors (Lipinski definition) is 3. The standard InChI is InChI=1S/C15H27NO3/c1-11(17)13(12-9-7-6-8-10-12)16(5)14(18)19-15(2,3)4/h12-13H,6-10H2,1-5H3/t13-/m0/s1. The quantitative estimate of drug-likeness (QED) is 0.789. The van der Waals surface area contributed by atoms with Crippen molar-refractivity contribution in [2.24, 2.45) is 5.92 Å². The van der Waals surface area contributed by atoms with Gasteiger partial charge in [0.2, 0.25) is 0 Å². The monoisotopic (exact) mass is 269 g/mol. The van der Waals surface area contributed by atoms with Crippen LogP contribution in [0.2, 0.25) is 0 Å². The summed E-state index contributed by atoms with van der Waals surface area (Å²) >= 11 is 0. The maximum absolute atomic E-state index is 12.1. The third-order valence-electron chi connectivity index (χ3n) is 3.61. The second kappa shape index (κ2) is 6.40. The first-order chi connectivity index (χ1) is 8.72. The predicted octanol–water partition coefficient (Wildman–Crippen LogP) is 3.39. The van der Waals surface area contributed by atoms with Gasteiger partial charge in [-0.25, -0.2) is 4.79 Å². The second-order valence-electron chi connectivity index (χ2n) is 6.54. The van der Waals surface area contributed by atoms with E-state index in [1.807, 2.05) is 20.8 Å². The minimum atomic E-state index is -0.529. The number of Topliss-reactive ketones (excluding diaryl/α,β-unsaturated/α-hetero) is 1. The molecule has 110 valence electrons. The molecular weight excluding hydrogens is 242 g/mol. The van der Waals surface area contributed by atoms with Crippen molar-refractivity contribution in [2.75, 3.05) is 7.05 Å². The molecule has 1 saturated carbocycles. The minimum absolute atomic E-state index is 0.0558. The Morgan fingerprint density at radius 1 is 1.16 bits per heavy atom. The zero-order valence-corrected chi connectivity index (χ0v) is 12.9. The highest BCUT2D eigenvalue weighted by atomic mass is 16.6. The molecule has 0 N–H and O–H groups in total. The van der Waals surface area contributed by atoms with Gasteiger partial charge in [-0.15, -0.1) is 0 Å². The molecule has 0 aromatic heterocycles. The smallest absolute Gasteiger partial charge is 0.410 e. The van der Waals surface area contributed by atoms with Crippen molar-refractivity contribution in [3.05, 3.63) is 0 Å². The Balaban J connectivity index is 2.74. The Kier molecular flexibility index (Phi) is 5.39. The zero-order valence-electron chi connectivity index (χ0n) is 12.9. The molecule has 0 radical (unpaired) electrons. The maximum atomic E-state index is 12.1. The van der Waals surface area contributed by atoms with E-state index in [-0.39, 0.29) is 17.7 Å². The molecular formula is C15H27NO3. The highest BCUT2D eigenvalue weighted by Crippen LogP contribution is 2.29. The molecule has 4 nitrogen and oxygen atoms in total. The first kappa shape index (κ1) is 16.0. The second-order valence-corrected chi connectivity index (χ2v) is 6.54. The molecule has 1 aliphatic carbocycles. The van der Waals surface area contributed by atoms with Crippen LogP contribution < -0.4 is 0 Å². The molecule has 19 heavy (non-hydrogen) atoms. The lowest BCUT2D eigenvalue weighted by Crippen LogP contribution is -2.48. The Hall–Kier alpha value is -1.06. The van der Waals surface area contributed by atoms with Gasteiger partial charge in [-0.05, 0) is 46.5 Å². The van der Waals surface area contributed by atoms with Gasteiger partial charge in [-0.3, -0.25) is 4.79 Å². The average Bonchev–Trinajstić information content (AvgIpc) is 2.27. The van der Waals surface area contributed by atoms with E-state index in [1.54, 1.807) is 14.0 Å². The topological polar surface area (TPSA) is 46.6 Å². The summed E-state index contributed by atoms with van der Waals surface area (Å²) in [4.78, 5) is 25.5. The summed E-state index contributed by atoms with van der Waals surface area (Å²) in [5.74, 6) is 0.337. The SMILES string of the molecule is CC(=O)[C@@H](C1CCCCC1)N(C)C(=O)OC(C)(C)C. The van der Waals surface area contributed by atoms with Crippen LogP contribution in [0.4, 0.5) is 4.79 Å². The fraction of sp³-hybridized carbons (Fsp3) is 0.867. The van der Waals surface area contributed by atoms with E-state index in [0.29, 0.717) is 0 Å². The summed E-state index contributed by atoms with van der Waals surface area (Å²) in [6.07, 6.45) is 5.18. The Morgan fingerprint density at radius 3 is 2.11 bits per heavy atom. The fourth-order valence-corrected chi connectivity index (χ4v) is 2.82. The van der Waals surface area contributed by atoms with Crippen molar-refractivity contribution in [1.82, 2.24) is 4.90 Å². The van der Waals surface area contributed by atoms with Gasteiger partial charge in [0.05, 0.1) is 6.04 Å². The van der Waals surface area contributed by atoms with Crippen molar-refractivity contribution < 1.29 is 14.3 Å². The van der Waals surface area contributed by atoms with Crippen molar-refractivity contribution in [2.45, 2.75) is 71.4 Å². The first-order valence-electron chi connectivity index (χ1n) is 7.18. The highest BCUT2D eigenvalue weighted by molar-refractivity contribution is 5.85. The largest absolute Gasteiger partial charge is 0.444 e. The third kappa shape index (κ3) is 4.84. The van der Waals surface area contributed by atoms with E-state index in [1.165, 1.54) is 11.3 Å². The van der Waals surface area contributed by atoms with Crippen LogP contribution in [0.5, 0.6) is 0 Å². The number of amides is 1. The van der Waals surface area contributed by atoms with Crippen LogP contribution in [0, 0.1) is 5.92 Å². The Morgan fingerprint density at radius 2 is 1.68 bits per heavy atom. The summed E-state index contributed by atoms with van der Waals surface area (Å²) in [5.41, 5.74) is -0.529. The van der Waals surface area contributed by atoms with Gasteiger partial charge in [0.15, 0.2) is 5.78 Å². The lowest BCUT2D eigenvalue weighted by molar-refractivity contribution is -0.124. The normalized spacial score (nSPS) is 18.8. The number of rotatable bonds is 3. The van der Waals surface area contributed by atoms with Crippen LogP contribution in [-0.4, -0.2) is 35.5 Å². The molecule has 0 heterocycles. The van der Waals surface area contributed by atoms with Gasteiger partial charge in [-0.2, -0.15) is 0 Å². The lowest BCUT2D eigenvalue weighted by atomic mass is 9.82. The van der Waals surface area contributed by atoms with E-state index < -0.39 is 11.7 Å². The molecule has 0 aromatic rings. The predicted molar refractivity (Wildman–Crippen MR) is 75.0 cm³/mol. The van der Waals surface area contributed by atoms with Crippen LogP contribution >= 0.6 is 0 Å². The first-order valence-corrected chi connectivity index (χ1v) is 7.18. The highest BCUT2D eigenvalue weighted by Gasteiger charge is 2.34. The van der Waals surface area contributed by atoms with Gasteiger partial charge >= 0.3 is 6.09 Å². The summed E-state index contributed by atoms with van der Waals surface area (Å²) in [6.45, 7) is 7.08. The van der Waals surface area contributed by atoms with Crippen molar-refractivity contribution >= 4 is 11.9 Å². The number of likely N-dealkylation sites (N-methyl/N-ethyl adjacent to an activating group) is 1. The lowest BCUT2D eigenvalue weighted by Gasteiger charge is -2.35. The summed E-state index contributed by atoms with van der Waals surface area (Å²) in [5, 5.41) is 0. The molecule has 4 heteroatoms.